The first-order valence-electron chi connectivity index (χ1n) is 11.4. The van der Waals surface area contributed by atoms with Crippen molar-refractivity contribution in [2.24, 2.45) is 0 Å². The van der Waals surface area contributed by atoms with E-state index in [0.29, 0.717) is 0 Å². The van der Waals surface area contributed by atoms with Gasteiger partial charge >= 0.3 is 0 Å². The van der Waals surface area contributed by atoms with Gasteiger partial charge in [-0.1, -0.05) is 82.4 Å². The minimum Gasteiger partial charge on any atom is -0.255 e. The van der Waals surface area contributed by atoms with Crippen LogP contribution in [-0.4, -0.2) is 13.1 Å². The molecule has 0 aliphatic heterocycles. The number of thiophene rings is 1. The largest absolute Gasteiger partial charge is 0.255 e. The molecule has 162 valence electrons. The van der Waals surface area contributed by atoms with Crippen LogP contribution in [0, 0.1) is 6.92 Å². The van der Waals surface area contributed by atoms with Gasteiger partial charge in [0.05, 0.1) is 18.5 Å². The van der Waals surface area contributed by atoms with Crippen LogP contribution in [0.15, 0.2) is 60.8 Å². The van der Waals surface area contributed by atoms with Crippen molar-refractivity contribution in [1.29, 1.82) is 0 Å². The van der Waals surface area contributed by atoms with Gasteiger partial charge in [0, 0.05) is 27.2 Å². The van der Waals surface area contributed by atoms with Crippen molar-refractivity contribution >= 4 is 55.5 Å². The second-order valence-electron chi connectivity index (χ2n) is 11.1. The Morgan fingerprint density at radius 2 is 1.56 bits per heavy atom. The molecule has 0 aliphatic rings. The number of benzene rings is 3. The maximum atomic E-state index is 4.93. The summed E-state index contributed by atoms with van der Waals surface area (Å²) in [6, 6.07) is 20.6. The molecule has 5 rings (SSSR count). The molecule has 3 aromatic carbocycles. The fraction of sp³-hybridized carbons (Fsp3) is 0.276. The molecule has 0 radical (unpaired) electrons. The number of rotatable bonds is 2. The molecule has 32 heavy (non-hydrogen) atoms. The predicted octanol–water partition coefficient (Wildman–Crippen LogP) is 8.42. The number of hydrogen-bond donors (Lipinski definition) is 0. The van der Waals surface area contributed by atoms with Crippen LogP contribution in [0.2, 0.25) is 19.6 Å². The topological polar surface area (TPSA) is 12.9 Å². The zero-order chi connectivity index (χ0) is 22.8. The third-order valence-electron chi connectivity index (χ3n) is 6.41. The summed E-state index contributed by atoms with van der Waals surface area (Å²) in [7, 11) is -1.44. The Hall–Kier alpha value is -2.49. The van der Waals surface area contributed by atoms with E-state index in [9.17, 15) is 0 Å². The van der Waals surface area contributed by atoms with Crippen molar-refractivity contribution in [1.82, 2.24) is 4.98 Å². The highest BCUT2D eigenvalue weighted by atomic mass is 32.1. The standard InChI is InChI=1S/C29H31NSSi/c1-18-11-12-19-16-20(17-24(23(19)15-18)29(2,3)4)26-28-22(13-14-30-26)21-9-8-10-25(27(21)31-28)32(5,6)7/h8-17H,1-7H3. The van der Waals surface area contributed by atoms with Crippen molar-refractivity contribution in [2.45, 2.75) is 52.8 Å². The maximum Gasteiger partial charge on any atom is 0.0880 e. The van der Waals surface area contributed by atoms with Gasteiger partial charge in [-0.05, 0) is 52.1 Å². The van der Waals surface area contributed by atoms with E-state index in [1.54, 1.807) is 5.19 Å². The number of pyridine rings is 1. The Balaban J connectivity index is 1.85. The van der Waals surface area contributed by atoms with Crippen LogP contribution in [0.1, 0.15) is 31.9 Å². The Kier molecular flexibility index (Phi) is 4.85. The van der Waals surface area contributed by atoms with Crippen LogP contribution in [-0.2, 0) is 5.41 Å². The van der Waals surface area contributed by atoms with E-state index >= 15 is 0 Å². The van der Waals surface area contributed by atoms with E-state index in [1.807, 2.05) is 17.5 Å². The van der Waals surface area contributed by atoms with Gasteiger partial charge in [0.1, 0.15) is 0 Å². The van der Waals surface area contributed by atoms with Crippen LogP contribution in [0.5, 0.6) is 0 Å². The summed E-state index contributed by atoms with van der Waals surface area (Å²) in [5.74, 6) is 0. The molecule has 0 aliphatic carbocycles. The Morgan fingerprint density at radius 3 is 2.28 bits per heavy atom. The van der Waals surface area contributed by atoms with Crippen LogP contribution in [0.25, 0.3) is 42.2 Å². The lowest BCUT2D eigenvalue weighted by molar-refractivity contribution is 0.596. The molecule has 0 saturated heterocycles. The lowest BCUT2D eigenvalue weighted by Crippen LogP contribution is -2.37. The number of fused-ring (bicyclic) bond motifs is 4. The lowest BCUT2D eigenvalue weighted by atomic mass is 9.82. The maximum absolute atomic E-state index is 4.93. The molecule has 0 N–H and O–H groups in total. The van der Waals surface area contributed by atoms with E-state index < -0.39 is 8.07 Å². The SMILES string of the molecule is Cc1ccc2cc(-c3nccc4c3sc3c([Si](C)(C)C)cccc34)cc(C(C)(C)C)c2c1. The molecule has 2 aromatic heterocycles. The fourth-order valence-corrected chi connectivity index (χ4v) is 8.46. The first-order valence-corrected chi connectivity index (χ1v) is 15.7. The minimum atomic E-state index is -1.44. The van der Waals surface area contributed by atoms with Gasteiger partial charge in [-0.3, -0.25) is 4.98 Å². The molecular formula is C29H31NSSi. The third-order valence-corrected chi connectivity index (χ3v) is 9.89. The third kappa shape index (κ3) is 3.48. The molecule has 3 heteroatoms. The lowest BCUT2D eigenvalue weighted by Gasteiger charge is -2.23. The second-order valence-corrected chi connectivity index (χ2v) is 17.1. The van der Waals surface area contributed by atoms with Crippen LogP contribution in [0.3, 0.4) is 0 Å². The molecule has 0 spiro atoms. The van der Waals surface area contributed by atoms with E-state index in [1.165, 1.54) is 47.6 Å². The van der Waals surface area contributed by atoms with Crippen molar-refractivity contribution in [3.8, 4) is 11.3 Å². The summed E-state index contributed by atoms with van der Waals surface area (Å²) in [5, 5.41) is 6.90. The smallest absolute Gasteiger partial charge is 0.0880 e. The number of aromatic nitrogens is 1. The van der Waals surface area contributed by atoms with Gasteiger partial charge in [0.15, 0.2) is 0 Å². The first-order chi connectivity index (χ1) is 15.0. The second kappa shape index (κ2) is 7.26. The van der Waals surface area contributed by atoms with Crippen LogP contribution < -0.4 is 5.19 Å². The highest BCUT2D eigenvalue weighted by Crippen LogP contribution is 2.41. The summed E-state index contributed by atoms with van der Waals surface area (Å²) in [6.45, 7) is 16.4. The predicted molar refractivity (Wildman–Crippen MR) is 146 cm³/mol. The average molecular weight is 454 g/mol. The van der Waals surface area contributed by atoms with E-state index in [2.05, 4.69) is 102 Å². The molecule has 0 fully saturated rings. The minimum absolute atomic E-state index is 0.0567. The monoisotopic (exact) mass is 453 g/mol. The molecule has 2 heterocycles. The average Bonchev–Trinajstić information content (AvgIpc) is 3.10. The summed E-state index contributed by atoms with van der Waals surface area (Å²) in [5.41, 5.74) is 5.08. The molecule has 0 saturated carbocycles. The molecule has 5 aromatic rings. The van der Waals surface area contributed by atoms with Gasteiger partial charge in [-0.25, -0.2) is 0 Å². The normalized spacial score (nSPS) is 12.8. The van der Waals surface area contributed by atoms with Gasteiger partial charge in [-0.2, -0.15) is 0 Å². The molecule has 1 nitrogen and oxygen atoms in total. The molecule has 0 amide bonds. The van der Waals surface area contributed by atoms with E-state index in [-0.39, 0.29) is 5.41 Å². The van der Waals surface area contributed by atoms with Gasteiger partial charge in [0.25, 0.3) is 0 Å². The highest BCUT2D eigenvalue weighted by Gasteiger charge is 2.23. The number of hydrogen-bond acceptors (Lipinski definition) is 2. The summed E-state index contributed by atoms with van der Waals surface area (Å²) in [6.07, 6.45) is 1.99. The quantitative estimate of drug-likeness (QED) is 0.244. The Morgan fingerprint density at radius 1 is 0.812 bits per heavy atom. The number of aryl methyl sites for hydroxylation is 1. The van der Waals surface area contributed by atoms with Crippen molar-refractivity contribution < 1.29 is 0 Å². The first kappa shape index (κ1) is 21.4. The molecule has 0 atom stereocenters. The van der Waals surface area contributed by atoms with Crippen molar-refractivity contribution in [3.05, 3.63) is 71.9 Å². The van der Waals surface area contributed by atoms with E-state index in [4.69, 9.17) is 4.98 Å². The summed E-state index contributed by atoms with van der Waals surface area (Å²) >= 11 is 1.93. The zero-order valence-electron chi connectivity index (χ0n) is 20.1. The molecule has 0 bridgehead atoms. The number of nitrogens with zero attached hydrogens (tertiary/aromatic N) is 1. The zero-order valence-corrected chi connectivity index (χ0v) is 21.9. The highest BCUT2D eigenvalue weighted by molar-refractivity contribution is 7.28. The van der Waals surface area contributed by atoms with Crippen LogP contribution in [0.4, 0.5) is 0 Å². The summed E-state index contributed by atoms with van der Waals surface area (Å²) in [4.78, 5) is 4.93. The van der Waals surface area contributed by atoms with Crippen LogP contribution >= 0.6 is 11.3 Å². The van der Waals surface area contributed by atoms with Crippen molar-refractivity contribution in [3.63, 3.8) is 0 Å². The molecular weight excluding hydrogens is 422 g/mol. The van der Waals surface area contributed by atoms with Gasteiger partial charge in [-0.15, -0.1) is 11.3 Å². The molecule has 0 unspecified atom stereocenters. The Bertz CT molecular complexity index is 1500. The van der Waals surface area contributed by atoms with E-state index in [0.717, 1.165) is 5.69 Å². The Labute approximate surface area is 196 Å². The fourth-order valence-electron chi connectivity index (χ4n) is 4.75. The summed E-state index contributed by atoms with van der Waals surface area (Å²) < 4.78 is 2.75. The van der Waals surface area contributed by atoms with Gasteiger partial charge in [0.2, 0.25) is 0 Å². The van der Waals surface area contributed by atoms with Crippen molar-refractivity contribution in [2.75, 3.05) is 0 Å². The van der Waals surface area contributed by atoms with Gasteiger partial charge < -0.3 is 0 Å².